The molecule has 1 aliphatic carbocycles. The lowest BCUT2D eigenvalue weighted by atomic mass is 9.69. The van der Waals surface area contributed by atoms with E-state index in [1.807, 2.05) is 119 Å². The Hall–Kier alpha value is -3.40. The molecule has 0 amide bonds. The number of carbonyl (C=O) groups excluding carboxylic acids is 2. The molecule has 176 valence electrons. The SMILES string of the molecule is CC(C)OC(=O)C1C(COC(=O)C(c2ccccc2)(c2ccccc2)c2ccccc2)C1(C)C. The van der Waals surface area contributed by atoms with E-state index in [0.717, 1.165) is 16.7 Å². The first kappa shape index (κ1) is 23.7. The molecule has 34 heavy (non-hydrogen) atoms. The van der Waals surface area contributed by atoms with Crippen LogP contribution in [0.5, 0.6) is 0 Å². The first-order chi connectivity index (χ1) is 16.3. The third-order valence-corrected chi connectivity index (χ3v) is 6.98. The van der Waals surface area contributed by atoms with Gasteiger partial charge in [0.25, 0.3) is 0 Å². The molecule has 3 aromatic carbocycles. The van der Waals surface area contributed by atoms with Crippen LogP contribution in [-0.4, -0.2) is 24.6 Å². The third-order valence-electron chi connectivity index (χ3n) is 6.98. The summed E-state index contributed by atoms with van der Waals surface area (Å²) in [6.07, 6.45) is -0.172. The van der Waals surface area contributed by atoms with Crippen LogP contribution in [0.3, 0.4) is 0 Å². The molecule has 0 saturated heterocycles. The predicted octanol–water partition coefficient (Wildman–Crippen LogP) is 5.79. The van der Waals surface area contributed by atoms with E-state index in [-0.39, 0.29) is 41.9 Å². The molecule has 0 heterocycles. The fourth-order valence-electron chi connectivity index (χ4n) is 5.02. The highest BCUT2D eigenvalue weighted by Gasteiger charge is 2.63. The Balaban J connectivity index is 1.71. The van der Waals surface area contributed by atoms with E-state index in [2.05, 4.69) is 0 Å². The van der Waals surface area contributed by atoms with Crippen LogP contribution in [0.2, 0.25) is 0 Å². The highest BCUT2D eigenvalue weighted by Crippen LogP contribution is 2.59. The molecule has 0 radical (unpaired) electrons. The Morgan fingerprint density at radius 1 is 0.794 bits per heavy atom. The van der Waals surface area contributed by atoms with Gasteiger partial charge in [-0.05, 0) is 36.0 Å². The Morgan fingerprint density at radius 3 is 1.59 bits per heavy atom. The minimum Gasteiger partial charge on any atom is -0.464 e. The molecule has 0 aromatic heterocycles. The molecule has 2 atom stereocenters. The van der Waals surface area contributed by atoms with Crippen LogP contribution < -0.4 is 0 Å². The molecular weight excluding hydrogens is 424 g/mol. The van der Waals surface area contributed by atoms with Crippen molar-refractivity contribution >= 4 is 11.9 Å². The third kappa shape index (κ3) is 4.25. The van der Waals surface area contributed by atoms with E-state index in [1.54, 1.807) is 0 Å². The van der Waals surface area contributed by atoms with Gasteiger partial charge in [0.2, 0.25) is 0 Å². The lowest BCUT2D eigenvalue weighted by Gasteiger charge is -2.33. The number of hydrogen-bond donors (Lipinski definition) is 0. The summed E-state index contributed by atoms with van der Waals surface area (Å²) in [5, 5.41) is 0. The van der Waals surface area contributed by atoms with Crippen LogP contribution in [0, 0.1) is 17.3 Å². The number of rotatable bonds is 8. The molecule has 1 fully saturated rings. The quantitative estimate of drug-likeness (QED) is 0.318. The molecule has 2 unspecified atom stereocenters. The van der Waals surface area contributed by atoms with Crippen molar-refractivity contribution in [1.82, 2.24) is 0 Å². The van der Waals surface area contributed by atoms with Crippen molar-refractivity contribution in [2.75, 3.05) is 6.61 Å². The minimum absolute atomic E-state index is 0.0808. The molecule has 0 spiro atoms. The van der Waals surface area contributed by atoms with Crippen LogP contribution in [0.1, 0.15) is 44.4 Å². The van der Waals surface area contributed by atoms with Gasteiger partial charge in [-0.2, -0.15) is 0 Å². The summed E-state index contributed by atoms with van der Waals surface area (Å²) in [5.41, 5.74) is 1.10. The van der Waals surface area contributed by atoms with E-state index in [0.29, 0.717) is 0 Å². The zero-order valence-corrected chi connectivity index (χ0v) is 20.2. The molecule has 4 heteroatoms. The molecule has 0 bridgehead atoms. The largest absolute Gasteiger partial charge is 0.464 e. The predicted molar refractivity (Wildman–Crippen MR) is 132 cm³/mol. The summed E-state index contributed by atoms with van der Waals surface area (Å²) in [5.74, 6) is -0.929. The van der Waals surface area contributed by atoms with Crippen LogP contribution in [-0.2, 0) is 24.5 Å². The zero-order valence-electron chi connectivity index (χ0n) is 20.2. The number of hydrogen-bond acceptors (Lipinski definition) is 4. The number of benzene rings is 3. The van der Waals surface area contributed by atoms with Gasteiger partial charge in [0.15, 0.2) is 0 Å². The summed E-state index contributed by atoms with van der Waals surface area (Å²) >= 11 is 0. The van der Waals surface area contributed by atoms with E-state index in [4.69, 9.17) is 9.47 Å². The van der Waals surface area contributed by atoms with E-state index in [9.17, 15) is 9.59 Å². The second kappa shape index (κ2) is 9.46. The molecule has 4 rings (SSSR count). The maximum atomic E-state index is 14.1. The summed E-state index contributed by atoms with van der Waals surface area (Å²) < 4.78 is 11.5. The van der Waals surface area contributed by atoms with Gasteiger partial charge in [0.1, 0.15) is 5.41 Å². The van der Waals surface area contributed by atoms with Crippen LogP contribution in [0.25, 0.3) is 0 Å². The lowest BCUT2D eigenvalue weighted by Crippen LogP contribution is -2.40. The number of carbonyl (C=O) groups is 2. The van der Waals surface area contributed by atoms with E-state index < -0.39 is 5.41 Å². The Bertz CT molecular complexity index is 1020. The fraction of sp³-hybridized carbons (Fsp3) is 0.333. The normalized spacial score (nSPS) is 18.9. The first-order valence-electron chi connectivity index (χ1n) is 11.8. The van der Waals surface area contributed by atoms with Gasteiger partial charge in [-0.1, -0.05) is 105 Å². The second-order valence-electron chi connectivity index (χ2n) is 9.84. The Labute approximate surface area is 201 Å². The smallest absolute Gasteiger partial charge is 0.325 e. The van der Waals surface area contributed by atoms with Crippen LogP contribution >= 0.6 is 0 Å². The lowest BCUT2D eigenvalue weighted by molar-refractivity contribution is -0.152. The van der Waals surface area contributed by atoms with Crippen molar-refractivity contribution in [3.05, 3.63) is 108 Å². The standard InChI is InChI=1S/C30H32O4/c1-21(2)34-27(31)26-25(29(26,3)4)20-33-28(32)30(22-14-8-5-9-15-22,23-16-10-6-11-17-23)24-18-12-7-13-19-24/h5-19,21,25-26H,20H2,1-4H3. The van der Waals surface area contributed by atoms with Crippen molar-refractivity contribution in [3.63, 3.8) is 0 Å². The van der Waals surface area contributed by atoms with Gasteiger partial charge in [0, 0.05) is 5.92 Å². The topological polar surface area (TPSA) is 52.6 Å². The first-order valence-corrected chi connectivity index (χ1v) is 11.8. The number of ether oxygens (including phenoxy) is 2. The summed E-state index contributed by atoms with van der Waals surface area (Å²) in [7, 11) is 0. The highest BCUT2D eigenvalue weighted by molar-refractivity contribution is 5.92. The summed E-state index contributed by atoms with van der Waals surface area (Å²) in [6, 6.07) is 29.2. The molecule has 0 N–H and O–H groups in total. The van der Waals surface area contributed by atoms with Crippen molar-refractivity contribution in [2.45, 2.75) is 39.2 Å². The van der Waals surface area contributed by atoms with Gasteiger partial charge in [-0.15, -0.1) is 0 Å². The van der Waals surface area contributed by atoms with Gasteiger partial charge in [-0.3, -0.25) is 9.59 Å². The highest BCUT2D eigenvalue weighted by atomic mass is 16.5. The average molecular weight is 457 g/mol. The zero-order chi connectivity index (χ0) is 24.3. The molecule has 1 saturated carbocycles. The average Bonchev–Trinajstić information content (AvgIpc) is 3.40. The maximum Gasteiger partial charge on any atom is 0.325 e. The van der Waals surface area contributed by atoms with Gasteiger partial charge in [0.05, 0.1) is 18.6 Å². The van der Waals surface area contributed by atoms with Crippen molar-refractivity contribution in [3.8, 4) is 0 Å². The molecule has 1 aliphatic rings. The molecule has 3 aromatic rings. The van der Waals surface area contributed by atoms with Crippen LogP contribution in [0.15, 0.2) is 91.0 Å². The Morgan fingerprint density at radius 2 is 1.21 bits per heavy atom. The van der Waals surface area contributed by atoms with Crippen molar-refractivity contribution < 1.29 is 19.1 Å². The summed E-state index contributed by atoms with van der Waals surface area (Å²) in [6.45, 7) is 7.90. The monoisotopic (exact) mass is 456 g/mol. The van der Waals surface area contributed by atoms with Crippen molar-refractivity contribution in [1.29, 1.82) is 0 Å². The van der Waals surface area contributed by atoms with E-state index in [1.165, 1.54) is 0 Å². The second-order valence-corrected chi connectivity index (χ2v) is 9.84. The van der Waals surface area contributed by atoms with Crippen molar-refractivity contribution in [2.24, 2.45) is 17.3 Å². The van der Waals surface area contributed by atoms with Gasteiger partial charge in [-0.25, -0.2) is 0 Å². The number of esters is 2. The maximum absolute atomic E-state index is 14.1. The van der Waals surface area contributed by atoms with Crippen LogP contribution in [0.4, 0.5) is 0 Å². The molecule has 4 nitrogen and oxygen atoms in total. The van der Waals surface area contributed by atoms with Gasteiger partial charge < -0.3 is 9.47 Å². The fourth-order valence-corrected chi connectivity index (χ4v) is 5.02. The van der Waals surface area contributed by atoms with Gasteiger partial charge >= 0.3 is 11.9 Å². The summed E-state index contributed by atoms with van der Waals surface area (Å²) in [4.78, 5) is 26.7. The Kier molecular flexibility index (Phi) is 6.60. The molecular formula is C30H32O4. The van der Waals surface area contributed by atoms with E-state index >= 15 is 0 Å². The molecule has 0 aliphatic heterocycles. The minimum atomic E-state index is -1.13.